The maximum Gasteiger partial charge on any atom is 0.0949 e. The van der Waals surface area contributed by atoms with Crippen molar-refractivity contribution in [2.45, 2.75) is 6.54 Å². The van der Waals surface area contributed by atoms with Crippen LogP contribution in [-0.4, -0.2) is 16.6 Å². The van der Waals surface area contributed by atoms with Gasteiger partial charge in [0.25, 0.3) is 0 Å². The van der Waals surface area contributed by atoms with Gasteiger partial charge in [0, 0.05) is 26.0 Å². The lowest BCUT2D eigenvalue weighted by Gasteiger charge is -2.08. The van der Waals surface area contributed by atoms with E-state index in [1.165, 1.54) is 5.56 Å². The van der Waals surface area contributed by atoms with Gasteiger partial charge >= 0.3 is 0 Å². The largest absolute Gasteiger partial charge is 0.397 e. The van der Waals surface area contributed by atoms with Crippen LogP contribution in [0.5, 0.6) is 0 Å². The lowest BCUT2D eigenvalue weighted by Crippen LogP contribution is -2.00. The zero-order chi connectivity index (χ0) is 10.7. The Morgan fingerprint density at radius 2 is 2.33 bits per heavy atom. The Morgan fingerprint density at radius 1 is 1.47 bits per heavy atom. The number of imidazole rings is 1. The monoisotopic (exact) mass is 202 g/mol. The van der Waals surface area contributed by atoms with Crippen molar-refractivity contribution in [1.29, 1.82) is 0 Å². The van der Waals surface area contributed by atoms with Gasteiger partial charge in [0.15, 0.2) is 0 Å². The summed E-state index contributed by atoms with van der Waals surface area (Å²) >= 11 is 0. The van der Waals surface area contributed by atoms with Crippen LogP contribution in [0.2, 0.25) is 0 Å². The van der Waals surface area contributed by atoms with Gasteiger partial charge in [-0.25, -0.2) is 4.98 Å². The number of nitrogens with two attached hydrogens (primary N) is 1. The third-order valence-corrected chi connectivity index (χ3v) is 2.31. The average Bonchev–Trinajstić information content (AvgIpc) is 2.71. The van der Waals surface area contributed by atoms with Crippen LogP contribution in [0.1, 0.15) is 5.56 Å². The Kier molecular flexibility index (Phi) is 2.58. The smallest absolute Gasteiger partial charge is 0.0949 e. The van der Waals surface area contributed by atoms with E-state index in [4.69, 9.17) is 5.73 Å². The second-order valence-corrected chi connectivity index (χ2v) is 3.41. The van der Waals surface area contributed by atoms with Crippen LogP contribution in [0.25, 0.3) is 0 Å². The molecule has 2 aromatic rings. The number of nitrogens with zero attached hydrogens (tertiary/aromatic N) is 2. The molecular weight excluding hydrogens is 188 g/mol. The summed E-state index contributed by atoms with van der Waals surface area (Å²) in [6, 6.07) is 6.02. The van der Waals surface area contributed by atoms with Crippen LogP contribution in [0, 0.1) is 0 Å². The van der Waals surface area contributed by atoms with Gasteiger partial charge in [0.2, 0.25) is 0 Å². The topological polar surface area (TPSA) is 55.9 Å². The number of hydrogen-bond donors (Lipinski definition) is 2. The summed E-state index contributed by atoms with van der Waals surface area (Å²) in [5.74, 6) is 0. The van der Waals surface area contributed by atoms with Crippen molar-refractivity contribution in [2.24, 2.45) is 0 Å². The molecule has 15 heavy (non-hydrogen) atoms. The standard InChI is InChI=1S/C11H14N4/c1-13-11-3-2-9(6-10(11)12)7-15-5-4-14-8-15/h2-6,8,13H,7,12H2,1H3. The van der Waals surface area contributed by atoms with E-state index in [0.29, 0.717) is 0 Å². The predicted octanol–water partition coefficient (Wildman–Crippen LogP) is 1.56. The summed E-state index contributed by atoms with van der Waals surface area (Å²) < 4.78 is 2.01. The highest BCUT2D eigenvalue weighted by atomic mass is 15.0. The van der Waals surface area contributed by atoms with Gasteiger partial charge in [0.05, 0.1) is 17.7 Å². The summed E-state index contributed by atoms with van der Waals surface area (Å²) in [5.41, 5.74) is 8.78. The van der Waals surface area contributed by atoms with Gasteiger partial charge in [-0.3, -0.25) is 0 Å². The molecule has 1 aromatic carbocycles. The molecule has 1 heterocycles. The molecule has 3 N–H and O–H groups in total. The molecule has 0 atom stereocenters. The maximum atomic E-state index is 5.87. The molecule has 0 radical (unpaired) electrons. The quantitative estimate of drug-likeness (QED) is 0.742. The fourth-order valence-corrected chi connectivity index (χ4v) is 1.53. The van der Waals surface area contributed by atoms with E-state index >= 15 is 0 Å². The van der Waals surface area contributed by atoms with Gasteiger partial charge < -0.3 is 15.6 Å². The van der Waals surface area contributed by atoms with Crippen molar-refractivity contribution in [3.05, 3.63) is 42.5 Å². The van der Waals surface area contributed by atoms with E-state index in [1.54, 1.807) is 12.5 Å². The Morgan fingerprint density at radius 3 is 2.93 bits per heavy atom. The minimum absolute atomic E-state index is 0.773. The molecule has 0 spiro atoms. The molecule has 0 aliphatic heterocycles. The van der Waals surface area contributed by atoms with Gasteiger partial charge in [-0.2, -0.15) is 0 Å². The second kappa shape index (κ2) is 4.04. The third kappa shape index (κ3) is 2.10. The van der Waals surface area contributed by atoms with Crippen molar-refractivity contribution in [1.82, 2.24) is 9.55 Å². The number of hydrogen-bond acceptors (Lipinski definition) is 3. The highest BCUT2D eigenvalue weighted by molar-refractivity contribution is 5.66. The molecule has 4 nitrogen and oxygen atoms in total. The molecule has 0 aliphatic rings. The van der Waals surface area contributed by atoms with Crippen molar-refractivity contribution < 1.29 is 0 Å². The molecule has 0 aliphatic carbocycles. The molecular formula is C11H14N4. The molecule has 1 aromatic heterocycles. The van der Waals surface area contributed by atoms with Crippen molar-refractivity contribution >= 4 is 11.4 Å². The summed E-state index contributed by atoms with van der Waals surface area (Å²) in [6.45, 7) is 0.800. The Labute approximate surface area is 88.7 Å². The van der Waals surface area contributed by atoms with Crippen molar-refractivity contribution in [3.8, 4) is 0 Å². The first-order valence-electron chi connectivity index (χ1n) is 4.81. The van der Waals surface area contributed by atoms with E-state index in [2.05, 4.69) is 16.4 Å². The molecule has 0 bridgehead atoms. The zero-order valence-electron chi connectivity index (χ0n) is 8.64. The number of nitrogen functional groups attached to an aromatic ring is 1. The first kappa shape index (κ1) is 9.58. The molecule has 0 amide bonds. The lowest BCUT2D eigenvalue weighted by molar-refractivity contribution is 0.798. The highest BCUT2D eigenvalue weighted by Gasteiger charge is 1.99. The highest BCUT2D eigenvalue weighted by Crippen LogP contribution is 2.19. The van der Waals surface area contributed by atoms with Crippen LogP contribution >= 0.6 is 0 Å². The van der Waals surface area contributed by atoms with Crippen LogP contribution in [0.15, 0.2) is 36.9 Å². The Balaban J connectivity index is 2.20. The minimum atomic E-state index is 0.773. The van der Waals surface area contributed by atoms with Gasteiger partial charge in [0.1, 0.15) is 0 Å². The second-order valence-electron chi connectivity index (χ2n) is 3.41. The minimum Gasteiger partial charge on any atom is -0.397 e. The fraction of sp³-hybridized carbons (Fsp3) is 0.182. The molecule has 4 heteroatoms. The van der Waals surface area contributed by atoms with E-state index in [9.17, 15) is 0 Å². The SMILES string of the molecule is CNc1ccc(Cn2ccnc2)cc1N. The lowest BCUT2D eigenvalue weighted by atomic mass is 10.1. The van der Waals surface area contributed by atoms with Crippen LogP contribution < -0.4 is 11.1 Å². The summed E-state index contributed by atoms with van der Waals surface area (Å²) in [7, 11) is 1.86. The molecule has 78 valence electrons. The van der Waals surface area contributed by atoms with Gasteiger partial charge in [-0.1, -0.05) is 6.07 Å². The zero-order valence-corrected chi connectivity index (χ0v) is 8.64. The summed E-state index contributed by atoms with van der Waals surface area (Å²) in [5, 5.41) is 3.04. The Hall–Kier alpha value is -1.97. The first-order valence-corrected chi connectivity index (χ1v) is 4.81. The summed E-state index contributed by atoms with van der Waals surface area (Å²) in [6.07, 6.45) is 5.50. The number of aromatic nitrogens is 2. The molecule has 0 saturated heterocycles. The van der Waals surface area contributed by atoms with Crippen LogP contribution in [0.3, 0.4) is 0 Å². The molecule has 0 unspecified atom stereocenters. The number of anilines is 2. The van der Waals surface area contributed by atoms with E-state index in [1.807, 2.05) is 29.9 Å². The van der Waals surface area contributed by atoms with Crippen LogP contribution in [0.4, 0.5) is 11.4 Å². The number of nitrogens with one attached hydrogen (secondary N) is 1. The van der Waals surface area contributed by atoms with Crippen molar-refractivity contribution in [2.75, 3.05) is 18.1 Å². The van der Waals surface area contributed by atoms with Crippen molar-refractivity contribution in [3.63, 3.8) is 0 Å². The Bertz CT molecular complexity index is 434. The molecule has 0 fully saturated rings. The van der Waals surface area contributed by atoms with E-state index in [-0.39, 0.29) is 0 Å². The van der Waals surface area contributed by atoms with Gasteiger partial charge in [-0.15, -0.1) is 0 Å². The predicted molar refractivity (Wildman–Crippen MR) is 61.7 cm³/mol. The average molecular weight is 202 g/mol. The maximum absolute atomic E-state index is 5.87. The van der Waals surface area contributed by atoms with Crippen LogP contribution in [-0.2, 0) is 6.54 Å². The van der Waals surface area contributed by atoms with E-state index in [0.717, 1.165) is 17.9 Å². The fourth-order valence-electron chi connectivity index (χ4n) is 1.53. The normalized spacial score (nSPS) is 10.2. The molecule has 2 rings (SSSR count). The third-order valence-electron chi connectivity index (χ3n) is 2.31. The first-order chi connectivity index (χ1) is 7.29. The molecule has 0 saturated carbocycles. The number of benzene rings is 1. The van der Waals surface area contributed by atoms with Gasteiger partial charge in [-0.05, 0) is 17.7 Å². The summed E-state index contributed by atoms with van der Waals surface area (Å²) in [4.78, 5) is 3.99. The number of rotatable bonds is 3. The van der Waals surface area contributed by atoms with E-state index < -0.39 is 0 Å².